The number of rotatable bonds is 5. The highest BCUT2D eigenvalue weighted by atomic mass is 32.2. The fourth-order valence-electron chi connectivity index (χ4n) is 3.81. The van der Waals surface area contributed by atoms with E-state index in [-0.39, 0.29) is 28.2 Å². The van der Waals surface area contributed by atoms with Crippen molar-refractivity contribution in [3.63, 3.8) is 0 Å². The first-order chi connectivity index (χ1) is 16.1. The minimum atomic E-state index is -0.689. The first-order valence-corrected chi connectivity index (χ1v) is 11.1. The molecule has 5 aromatic rings. The molecule has 0 fully saturated rings. The Morgan fingerprint density at radius 2 is 1.64 bits per heavy atom. The van der Waals surface area contributed by atoms with Crippen LogP contribution in [0.4, 0.5) is 0 Å². The lowest BCUT2D eigenvalue weighted by atomic mass is 10.1. The number of methoxy groups -OCH3 is 1. The SMILES string of the molecule is COc1ccc(Cn2c(=O)c3c(O)c(Sc4ccccc4)c(=O)oc3c3ccccc32)cc1. The molecule has 0 aliphatic heterocycles. The van der Waals surface area contributed by atoms with Crippen molar-refractivity contribution >= 4 is 33.6 Å². The van der Waals surface area contributed by atoms with Crippen molar-refractivity contribution in [2.45, 2.75) is 16.3 Å². The van der Waals surface area contributed by atoms with Gasteiger partial charge in [-0.2, -0.15) is 0 Å². The zero-order valence-electron chi connectivity index (χ0n) is 17.6. The van der Waals surface area contributed by atoms with Crippen molar-refractivity contribution in [3.05, 3.63) is 105 Å². The van der Waals surface area contributed by atoms with Gasteiger partial charge in [0, 0.05) is 10.3 Å². The first-order valence-electron chi connectivity index (χ1n) is 10.2. The van der Waals surface area contributed by atoms with Gasteiger partial charge in [-0.1, -0.05) is 54.2 Å². The number of fused-ring (bicyclic) bond motifs is 3. The molecule has 33 heavy (non-hydrogen) atoms. The van der Waals surface area contributed by atoms with Gasteiger partial charge in [-0.05, 0) is 42.0 Å². The van der Waals surface area contributed by atoms with Crippen LogP contribution in [0.25, 0.3) is 21.9 Å². The van der Waals surface area contributed by atoms with E-state index in [0.717, 1.165) is 28.0 Å². The molecule has 3 aromatic carbocycles. The van der Waals surface area contributed by atoms with E-state index in [1.165, 1.54) is 0 Å². The van der Waals surface area contributed by atoms with Crippen molar-refractivity contribution in [1.29, 1.82) is 0 Å². The second-order valence-electron chi connectivity index (χ2n) is 7.44. The third-order valence-corrected chi connectivity index (χ3v) is 6.49. The van der Waals surface area contributed by atoms with Gasteiger partial charge < -0.3 is 18.8 Å². The fraction of sp³-hybridized carbons (Fsp3) is 0.0769. The van der Waals surface area contributed by atoms with E-state index in [1.807, 2.05) is 60.7 Å². The minimum Gasteiger partial charge on any atom is -0.505 e. The third kappa shape index (κ3) is 3.76. The van der Waals surface area contributed by atoms with Gasteiger partial charge in [0.25, 0.3) is 5.56 Å². The van der Waals surface area contributed by atoms with E-state index in [9.17, 15) is 14.7 Å². The maximum atomic E-state index is 13.6. The highest BCUT2D eigenvalue weighted by Gasteiger charge is 2.22. The number of nitrogens with zero attached hydrogens (tertiary/aromatic N) is 1. The zero-order valence-corrected chi connectivity index (χ0v) is 18.5. The van der Waals surface area contributed by atoms with E-state index >= 15 is 0 Å². The summed E-state index contributed by atoms with van der Waals surface area (Å²) in [5, 5.41) is 11.6. The molecule has 6 nitrogen and oxygen atoms in total. The van der Waals surface area contributed by atoms with Gasteiger partial charge in [0.15, 0.2) is 11.3 Å². The Balaban J connectivity index is 1.75. The molecule has 0 saturated heterocycles. The van der Waals surface area contributed by atoms with Gasteiger partial charge in [-0.3, -0.25) is 4.79 Å². The summed E-state index contributed by atoms with van der Waals surface area (Å²) in [4.78, 5) is 27.1. The number of ether oxygens (including phenoxy) is 1. The average molecular weight is 458 g/mol. The van der Waals surface area contributed by atoms with Gasteiger partial charge in [0.2, 0.25) is 0 Å². The number of para-hydroxylation sites is 1. The van der Waals surface area contributed by atoms with Crippen LogP contribution in [0, 0.1) is 0 Å². The van der Waals surface area contributed by atoms with E-state index in [2.05, 4.69) is 0 Å². The number of hydrogen-bond donors (Lipinski definition) is 1. The van der Waals surface area contributed by atoms with Crippen LogP contribution < -0.4 is 15.9 Å². The van der Waals surface area contributed by atoms with E-state index in [4.69, 9.17) is 9.15 Å². The molecule has 0 aliphatic carbocycles. The predicted molar refractivity (Wildman–Crippen MR) is 129 cm³/mol. The fourth-order valence-corrected chi connectivity index (χ4v) is 4.66. The minimum absolute atomic E-state index is 0.0137. The molecule has 0 aliphatic rings. The number of pyridine rings is 1. The number of hydrogen-bond acceptors (Lipinski definition) is 6. The molecule has 2 heterocycles. The van der Waals surface area contributed by atoms with Crippen LogP contribution in [0.15, 0.2) is 103 Å². The highest BCUT2D eigenvalue weighted by Crippen LogP contribution is 2.37. The second kappa shape index (κ2) is 8.52. The van der Waals surface area contributed by atoms with Crippen molar-refractivity contribution in [2.24, 2.45) is 0 Å². The molecule has 7 heteroatoms. The maximum absolute atomic E-state index is 13.6. The van der Waals surface area contributed by atoms with E-state index in [0.29, 0.717) is 10.9 Å². The molecule has 0 spiro atoms. The van der Waals surface area contributed by atoms with Gasteiger partial charge >= 0.3 is 5.63 Å². The molecular weight excluding hydrogens is 438 g/mol. The summed E-state index contributed by atoms with van der Waals surface area (Å²) in [6.07, 6.45) is 0. The predicted octanol–water partition coefficient (Wildman–Crippen LogP) is 5.02. The van der Waals surface area contributed by atoms with E-state index < -0.39 is 11.2 Å². The molecule has 5 rings (SSSR count). The monoisotopic (exact) mass is 457 g/mol. The van der Waals surface area contributed by atoms with Crippen LogP contribution in [0.1, 0.15) is 5.56 Å². The second-order valence-corrected chi connectivity index (χ2v) is 8.53. The molecule has 1 N–H and O–H groups in total. The van der Waals surface area contributed by atoms with Gasteiger partial charge in [0.1, 0.15) is 16.0 Å². The van der Waals surface area contributed by atoms with Crippen molar-refractivity contribution in [3.8, 4) is 11.5 Å². The Morgan fingerprint density at radius 3 is 2.36 bits per heavy atom. The van der Waals surface area contributed by atoms with Crippen LogP contribution in [0.2, 0.25) is 0 Å². The van der Waals surface area contributed by atoms with Crippen molar-refractivity contribution in [2.75, 3.05) is 7.11 Å². The Kier molecular flexibility index (Phi) is 5.40. The maximum Gasteiger partial charge on any atom is 0.354 e. The van der Waals surface area contributed by atoms with Gasteiger partial charge in [-0.25, -0.2) is 4.79 Å². The summed E-state index contributed by atoms with van der Waals surface area (Å²) >= 11 is 1.07. The molecule has 164 valence electrons. The van der Waals surface area contributed by atoms with Crippen LogP contribution >= 0.6 is 11.8 Å². The smallest absolute Gasteiger partial charge is 0.354 e. The normalized spacial score (nSPS) is 11.2. The van der Waals surface area contributed by atoms with Crippen LogP contribution in [-0.2, 0) is 6.54 Å². The Labute approximate surface area is 192 Å². The van der Waals surface area contributed by atoms with Crippen LogP contribution in [0.3, 0.4) is 0 Å². The zero-order chi connectivity index (χ0) is 22.9. The number of benzene rings is 3. The van der Waals surface area contributed by atoms with E-state index in [1.54, 1.807) is 29.9 Å². The van der Waals surface area contributed by atoms with Crippen LogP contribution in [-0.4, -0.2) is 16.8 Å². The number of aromatic hydroxyl groups is 1. The molecule has 0 unspecified atom stereocenters. The number of aromatic nitrogens is 1. The average Bonchev–Trinajstić information content (AvgIpc) is 2.85. The Bertz CT molecular complexity index is 1590. The third-order valence-electron chi connectivity index (χ3n) is 5.42. The van der Waals surface area contributed by atoms with Gasteiger partial charge in [0.05, 0.1) is 19.2 Å². The largest absolute Gasteiger partial charge is 0.505 e. The first kappa shape index (κ1) is 20.9. The molecule has 0 atom stereocenters. The molecular formula is C26H19NO5S. The lowest BCUT2D eigenvalue weighted by molar-refractivity contribution is 0.414. The highest BCUT2D eigenvalue weighted by molar-refractivity contribution is 7.99. The van der Waals surface area contributed by atoms with Crippen LogP contribution in [0.5, 0.6) is 11.5 Å². The lowest BCUT2D eigenvalue weighted by Gasteiger charge is -2.14. The Hall–Kier alpha value is -3.97. The summed E-state index contributed by atoms with van der Waals surface area (Å²) in [5.74, 6) is 0.353. The van der Waals surface area contributed by atoms with Gasteiger partial charge in [-0.15, -0.1) is 0 Å². The van der Waals surface area contributed by atoms with Crippen molar-refractivity contribution < 1.29 is 14.3 Å². The Morgan fingerprint density at radius 1 is 0.939 bits per heavy atom. The summed E-state index contributed by atoms with van der Waals surface area (Å²) in [7, 11) is 1.60. The summed E-state index contributed by atoms with van der Waals surface area (Å²) in [6.45, 7) is 0.277. The van der Waals surface area contributed by atoms with Crippen molar-refractivity contribution in [1.82, 2.24) is 4.57 Å². The standard InChI is InChI=1S/C26H19NO5S/c1-31-17-13-11-16(12-14-17)15-27-20-10-6-5-9-19(20)23-21(25(27)29)22(28)24(26(30)32-23)33-18-7-3-2-4-8-18/h2-14,28H,15H2,1H3. The molecule has 0 saturated carbocycles. The molecule has 0 bridgehead atoms. The summed E-state index contributed by atoms with van der Waals surface area (Å²) in [5.41, 5.74) is 0.457. The lowest BCUT2D eigenvalue weighted by Crippen LogP contribution is -2.22. The topological polar surface area (TPSA) is 81.7 Å². The molecule has 0 amide bonds. The molecule has 2 aromatic heterocycles. The quantitative estimate of drug-likeness (QED) is 0.373. The molecule has 0 radical (unpaired) electrons. The summed E-state index contributed by atoms with van der Waals surface area (Å²) < 4.78 is 12.4. The summed E-state index contributed by atoms with van der Waals surface area (Å²) in [6, 6.07) is 23.7.